The third-order valence-electron chi connectivity index (χ3n) is 5.30. The Morgan fingerprint density at radius 2 is 2.00 bits per heavy atom. The van der Waals surface area contributed by atoms with Crippen LogP contribution < -0.4 is 10.1 Å². The Bertz CT molecular complexity index is 1050. The van der Waals surface area contributed by atoms with Gasteiger partial charge < -0.3 is 14.6 Å². The fourth-order valence-corrected chi connectivity index (χ4v) is 3.75. The van der Waals surface area contributed by atoms with E-state index in [9.17, 15) is 9.18 Å². The molecule has 0 spiro atoms. The molecule has 162 valence electrons. The highest BCUT2D eigenvalue weighted by atomic mass is 35.5. The summed E-state index contributed by atoms with van der Waals surface area (Å²) in [5, 5.41) is 6.83. The Kier molecular flexibility index (Phi) is 6.48. The number of rotatable bonds is 6. The molecule has 1 fully saturated rings. The number of carbonyl (C=O) groups is 1. The van der Waals surface area contributed by atoms with E-state index in [1.165, 1.54) is 18.2 Å². The molecule has 2 heterocycles. The second-order valence-electron chi connectivity index (χ2n) is 7.41. The van der Waals surface area contributed by atoms with E-state index in [1.54, 1.807) is 7.11 Å². The summed E-state index contributed by atoms with van der Waals surface area (Å²) >= 11 is 5.76. The van der Waals surface area contributed by atoms with Gasteiger partial charge in [0, 0.05) is 17.2 Å². The molecule has 1 saturated heterocycles. The molecule has 2 aromatic carbocycles. The van der Waals surface area contributed by atoms with Crippen LogP contribution in [-0.4, -0.2) is 47.7 Å². The topological polar surface area (TPSA) is 80.5 Å². The summed E-state index contributed by atoms with van der Waals surface area (Å²) in [6.07, 6.45) is 1.64. The van der Waals surface area contributed by atoms with E-state index < -0.39 is 5.82 Å². The number of ether oxygens (including phenoxy) is 1. The van der Waals surface area contributed by atoms with Gasteiger partial charge >= 0.3 is 0 Å². The van der Waals surface area contributed by atoms with Gasteiger partial charge in [0.25, 0.3) is 0 Å². The minimum absolute atomic E-state index is 0.0211. The summed E-state index contributed by atoms with van der Waals surface area (Å²) in [6.45, 7) is 1.73. The van der Waals surface area contributed by atoms with Gasteiger partial charge in [-0.2, -0.15) is 4.98 Å². The van der Waals surface area contributed by atoms with Crippen LogP contribution in [0.2, 0.25) is 5.02 Å². The third kappa shape index (κ3) is 5.21. The molecule has 0 aliphatic carbocycles. The minimum Gasteiger partial charge on any atom is -0.497 e. The van der Waals surface area contributed by atoms with Crippen molar-refractivity contribution in [3.05, 3.63) is 59.2 Å². The summed E-state index contributed by atoms with van der Waals surface area (Å²) in [6, 6.07) is 11.6. The monoisotopic (exact) mass is 444 g/mol. The highest BCUT2D eigenvalue weighted by Gasteiger charge is 2.26. The Balaban J connectivity index is 1.29. The van der Waals surface area contributed by atoms with E-state index in [1.807, 2.05) is 24.3 Å². The van der Waals surface area contributed by atoms with E-state index >= 15 is 0 Å². The van der Waals surface area contributed by atoms with Crippen LogP contribution in [0.1, 0.15) is 24.7 Å². The van der Waals surface area contributed by atoms with Crippen molar-refractivity contribution in [2.75, 3.05) is 32.1 Å². The number of amides is 1. The normalized spacial score (nSPS) is 15.1. The zero-order chi connectivity index (χ0) is 21.8. The second-order valence-corrected chi connectivity index (χ2v) is 7.82. The van der Waals surface area contributed by atoms with Crippen molar-refractivity contribution < 1.29 is 18.4 Å². The van der Waals surface area contributed by atoms with Crippen LogP contribution in [0.5, 0.6) is 5.75 Å². The SMILES string of the molecule is COc1ccc(-c2noc(C3CCN(CC(=O)Nc4ccc(F)c(Cl)c4)CC3)n2)cc1. The maximum Gasteiger partial charge on any atom is 0.238 e. The maximum atomic E-state index is 13.2. The van der Waals surface area contributed by atoms with Gasteiger partial charge in [0.1, 0.15) is 11.6 Å². The highest BCUT2D eigenvalue weighted by Crippen LogP contribution is 2.29. The largest absolute Gasteiger partial charge is 0.497 e. The first-order valence-corrected chi connectivity index (χ1v) is 10.3. The number of halogens is 2. The zero-order valence-corrected chi connectivity index (χ0v) is 17.7. The summed E-state index contributed by atoms with van der Waals surface area (Å²) in [5.41, 5.74) is 1.34. The van der Waals surface area contributed by atoms with Crippen LogP contribution in [0, 0.1) is 5.82 Å². The lowest BCUT2D eigenvalue weighted by atomic mass is 9.97. The fraction of sp³-hybridized carbons (Fsp3) is 0.318. The molecule has 31 heavy (non-hydrogen) atoms. The van der Waals surface area contributed by atoms with Gasteiger partial charge in [-0.1, -0.05) is 16.8 Å². The molecule has 1 N–H and O–H groups in total. The van der Waals surface area contributed by atoms with E-state index in [-0.39, 0.29) is 23.4 Å². The summed E-state index contributed by atoms with van der Waals surface area (Å²) < 4.78 is 23.9. The first-order chi connectivity index (χ1) is 15.0. The average molecular weight is 445 g/mol. The van der Waals surface area contributed by atoms with E-state index in [2.05, 4.69) is 20.4 Å². The molecule has 1 aliphatic heterocycles. The van der Waals surface area contributed by atoms with Crippen molar-refractivity contribution in [1.29, 1.82) is 0 Å². The van der Waals surface area contributed by atoms with E-state index in [0.717, 1.165) is 37.2 Å². The number of methoxy groups -OCH3 is 1. The predicted octanol–water partition coefficient (Wildman–Crippen LogP) is 4.36. The standard InChI is InChI=1S/C22H22ClFN4O3/c1-30-17-5-2-14(3-6-17)21-26-22(31-27-21)15-8-10-28(11-9-15)13-20(29)25-16-4-7-19(24)18(23)12-16/h2-7,12,15H,8-11,13H2,1H3,(H,25,29). The Morgan fingerprint density at radius 1 is 1.26 bits per heavy atom. The molecule has 0 radical (unpaired) electrons. The fourth-order valence-electron chi connectivity index (χ4n) is 3.57. The Morgan fingerprint density at radius 3 is 2.68 bits per heavy atom. The number of hydrogen-bond acceptors (Lipinski definition) is 6. The lowest BCUT2D eigenvalue weighted by molar-refractivity contribution is -0.117. The van der Waals surface area contributed by atoms with Gasteiger partial charge in [-0.25, -0.2) is 4.39 Å². The minimum atomic E-state index is -0.516. The van der Waals surface area contributed by atoms with Crippen molar-refractivity contribution in [3.8, 4) is 17.1 Å². The first-order valence-electron chi connectivity index (χ1n) is 9.97. The molecule has 7 nitrogen and oxygen atoms in total. The van der Waals surface area contributed by atoms with Crippen LogP contribution in [0.3, 0.4) is 0 Å². The van der Waals surface area contributed by atoms with Crippen molar-refractivity contribution in [3.63, 3.8) is 0 Å². The van der Waals surface area contributed by atoms with Gasteiger partial charge in [0.05, 0.1) is 18.7 Å². The summed E-state index contributed by atoms with van der Waals surface area (Å²) in [7, 11) is 1.62. The predicted molar refractivity (Wildman–Crippen MR) is 115 cm³/mol. The molecule has 1 aromatic heterocycles. The number of carbonyl (C=O) groups excluding carboxylic acids is 1. The third-order valence-corrected chi connectivity index (χ3v) is 5.59. The average Bonchev–Trinajstić information content (AvgIpc) is 3.27. The number of anilines is 1. The summed E-state index contributed by atoms with van der Waals surface area (Å²) in [4.78, 5) is 18.9. The lowest BCUT2D eigenvalue weighted by Crippen LogP contribution is -2.38. The molecule has 0 saturated carbocycles. The van der Waals surface area contributed by atoms with Crippen LogP contribution >= 0.6 is 11.6 Å². The maximum absolute atomic E-state index is 13.2. The number of nitrogens with one attached hydrogen (secondary N) is 1. The van der Waals surface area contributed by atoms with Gasteiger partial charge in [-0.05, 0) is 68.4 Å². The van der Waals surface area contributed by atoms with Crippen molar-refractivity contribution in [2.45, 2.75) is 18.8 Å². The Labute approximate surface area is 184 Å². The van der Waals surface area contributed by atoms with Crippen LogP contribution in [0.4, 0.5) is 10.1 Å². The smallest absolute Gasteiger partial charge is 0.238 e. The highest BCUT2D eigenvalue weighted by molar-refractivity contribution is 6.31. The van der Waals surface area contributed by atoms with Crippen LogP contribution in [0.25, 0.3) is 11.4 Å². The molecule has 1 amide bonds. The summed E-state index contributed by atoms with van der Waals surface area (Å²) in [5.74, 6) is 1.42. The van der Waals surface area contributed by atoms with Crippen molar-refractivity contribution in [1.82, 2.24) is 15.0 Å². The molecule has 1 aliphatic rings. The molecule has 4 rings (SSSR count). The molecular formula is C22H22ClFN4O3. The van der Waals surface area contributed by atoms with E-state index in [4.69, 9.17) is 20.9 Å². The number of piperidine rings is 1. The molecule has 9 heteroatoms. The molecule has 0 bridgehead atoms. The van der Waals surface area contributed by atoms with E-state index in [0.29, 0.717) is 17.4 Å². The van der Waals surface area contributed by atoms with Crippen molar-refractivity contribution in [2.24, 2.45) is 0 Å². The van der Waals surface area contributed by atoms with Crippen molar-refractivity contribution >= 4 is 23.2 Å². The quantitative estimate of drug-likeness (QED) is 0.608. The molecule has 0 atom stereocenters. The first kappa shape index (κ1) is 21.3. The molecule has 3 aromatic rings. The van der Waals surface area contributed by atoms with Gasteiger partial charge in [-0.3, -0.25) is 9.69 Å². The zero-order valence-electron chi connectivity index (χ0n) is 17.0. The number of likely N-dealkylation sites (tertiary alicyclic amines) is 1. The number of benzene rings is 2. The van der Waals surface area contributed by atoms with Gasteiger partial charge in [-0.15, -0.1) is 0 Å². The number of hydrogen-bond donors (Lipinski definition) is 1. The molecular weight excluding hydrogens is 423 g/mol. The van der Waals surface area contributed by atoms with Gasteiger partial charge in [0.2, 0.25) is 17.6 Å². The second kappa shape index (κ2) is 9.45. The lowest BCUT2D eigenvalue weighted by Gasteiger charge is -2.29. The van der Waals surface area contributed by atoms with Crippen LogP contribution in [0.15, 0.2) is 47.0 Å². The van der Waals surface area contributed by atoms with Gasteiger partial charge in [0.15, 0.2) is 0 Å². The number of nitrogens with zero attached hydrogens (tertiary/aromatic N) is 3. The molecule has 0 unspecified atom stereocenters. The number of aromatic nitrogens is 2. The Hall–Kier alpha value is -2.97. The van der Waals surface area contributed by atoms with Crippen LogP contribution in [-0.2, 0) is 4.79 Å².